The molecule has 0 heterocycles. The second kappa shape index (κ2) is 7.29. The third-order valence-electron chi connectivity index (χ3n) is 3.34. The van der Waals surface area contributed by atoms with Gasteiger partial charge in [0.2, 0.25) is 0 Å². The number of aliphatic hydroxyl groups is 1. The van der Waals surface area contributed by atoms with Gasteiger partial charge in [0, 0.05) is 12.6 Å². The maximum Gasteiger partial charge on any atom is 0.318 e. The number of rotatable bonds is 5. The van der Waals surface area contributed by atoms with Crippen molar-refractivity contribution in [2.75, 3.05) is 6.54 Å². The number of carbonyl (C=O) groups excluding carboxylic acids is 1. The third kappa shape index (κ3) is 4.53. The van der Waals surface area contributed by atoms with Crippen molar-refractivity contribution in [2.45, 2.75) is 52.8 Å². The quantitative estimate of drug-likeness (QED) is 0.870. The summed E-state index contributed by atoms with van der Waals surface area (Å²) in [7, 11) is 0. The monoisotopic (exact) mass is 278 g/mol. The molecule has 0 aliphatic rings. The zero-order valence-corrected chi connectivity index (χ0v) is 13.1. The molecule has 2 N–H and O–H groups in total. The van der Waals surface area contributed by atoms with Crippen LogP contribution < -0.4 is 5.32 Å². The molecule has 1 aromatic carbocycles. The molecule has 0 saturated heterocycles. The number of carbonyl (C=O) groups is 1. The van der Waals surface area contributed by atoms with Crippen molar-refractivity contribution in [2.24, 2.45) is 0 Å². The first-order valence-corrected chi connectivity index (χ1v) is 7.13. The van der Waals surface area contributed by atoms with Crippen LogP contribution in [-0.4, -0.2) is 34.7 Å². The van der Waals surface area contributed by atoms with Crippen LogP contribution in [0.25, 0.3) is 0 Å². The first-order valence-electron chi connectivity index (χ1n) is 7.13. The molecule has 2 amide bonds. The number of hydrogen-bond donors (Lipinski definition) is 2. The van der Waals surface area contributed by atoms with Crippen LogP contribution in [0.4, 0.5) is 4.79 Å². The molecule has 0 saturated carbocycles. The summed E-state index contributed by atoms with van der Waals surface area (Å²) < 4.78 is 0. The summed E-state index contributed by atoms with van der Waals surface area (Å²) in [6.45, 7) is 9.92. The lowest BCUT2D eigenvalue weighted by atomic mass is 10.0. The summed E-state index contributed by atoms with van der Waals surface area (Å²) in [4.78, 5) is 14.0. The number of benzene rings is 1. The van der Waals surface area contributed by atoms with Gasteiger partial charge in [-0.3, -0.25) is 0 Å². The van der Waals surface area contributed by atoms with Gasteiger partial charge >= 0.3 is 6.03 Å². The summed E-state index contributed by atoms with van der Waals surface area (Å²) in [6.07, 6.45) is -0.531. The highest BCUT2D eigenvalue weighted by molar-refractivity contribution is 5.75. The zero-order chi connectivity index (χ0) is 15.3. The zero-order valence-electron chi connectivity index (χ0n) is 13.1. The highest BCUT2D eigenvalue weighted by Crippen LogP contribution is 2.17. The standard InChI is InChI=1S/C16H26N2O2/c1-11(2)18(10-13(4)19)16(20)17-14(5)15-9-7-6-8-12(15)3/h6-9,11,13-14,19H,10H2,1-5H3,(H,17,20). The lowest BCUT2D eigenvalue weighted by molar-refractivity contribution is 0.117. The van der Waals surface area contributed by atoms with Crippen molar-refractivity contribution in [3.8, 4) is 0 Å². The summed E-state index contributed by atoms with van der Waals surface area (Å²) >= 11 is 0. The Kier molecular flexibility index (Phi) is 6.02. The fourth-order valence-corrected chi connectivity index (χ4v) is 2.23. The number of nitrogens with one attached hydrogen (secondary N) is 1. The van der Waals surface area contributed by atoms with E-state index in [-0.39, 0.29) is 18.1 Å². The largest absolute Gasteiger partial charge is 0.392 e. The van der Waals surface area contributed by atoms with E-state index in [2.05, 4.69) is 5.32 Å². The second-order valence-corrected chi connectivity index (χ2v) is 5.62. The Morgan fingerprint density at radius 1 is 1.25 bits per heavy atom. The minimum atomic E-state index is -0.531. The molecule has 0 bridgehead atoms. The van der Waals surface area contributed by atoms with Gasteiger partial charge in [0.05, 0.1) is 12.1 Å². The van der Waals surface area contributed by atoms with E-state index in [4.69, 9.17) is 0 Å². The molecule has 4 nitrogen and oxygen atoms in total. The van der Waals surface area contributed by atoms with E-state index >= 15 is 0 Å². The molecule has 0 radical (unpaired) electrons. The van der Waals surface area contributed by atoms with Crippen LogP contribution in [0.5, 0.6) is 0 Å². The Morgan fingerprint density at radius 3 is 2.35 bits per heavy atom. The van der Waals surface area contributed by atoms with Crippen molar-refractivity contribution >= 4 is 6.03 Å². The number of urea groups is 1. The summed E-state index contributed by atoms with van der Waals surface area (Å²) in [6, 6.07) is 7.87. The maximum atomic E-state index is 12.3. The Labute approximate surface area is 121 Å². The molecule has 1 aromatic rings. The van der Waals surface area contributed by atoms with Crippen LogP contribution in [0.2, 0.25) is 0 Å². The van der Waals surface area contributed by atoms with Gasteiger partial charge in [0.1, 0.15) is 0 Å². The molecule has 1 rings (SSSR count). The van der Waals surface area contributed by atoms with Crippen molar-refractivity contribution in [1.82, 2.24) is 10.2 Å². The van der Waals surface area contributed by atoms with Crippen molar-refractivity contribution < 1.29 is 9.90 Å². The van der Waals surface area contributed by atoms with Crippen molar-refractivity contribution in [1.29, 1.82) is 0 Å². The smallest absolute Gasteiger partial charge is 0.318 e. The predicted molar refractivity (Wildman–Crippen MR) is 81.6 cm³/mol. The van der Waals surface area contributed by atoms with E-state index in [1.807, 2.05) is 52.0 Å². The molecular weight excluding hydrogens is 252 g/mol. The van der Waals surface area contributed by atoms with Crippen LogP contribution in [0, 0.1) is 6.92 Å². The fourth-order valence-electron chi connectivity index (χ4n) is 2.23. The Balaban J connectivity index is 2.75. The topological polar surface area (TPSA) is 52.6 Å². The van der Waals surface area contributed by atoms with Gasteiger partial charge in [-0.1, -0.05) is 24.3 Å². The van der Waals surface area contributed by atoms with Gasteiger partial charge in [-0.15, -0.1) is 0 Å². The van der Waals surface area contributed by atoms with E-state index < -0.39 is 6.10 Å². The van der Waals surface area contributed by atoms with Crippen LogP contribution >= 0.6 is 0 Å². The minimum absolute atomic E-state index is 0.0497. The molecule has 0 aliphatic carbocycles. The average molecular weight is 278 g/mol. The Bertz CT molecular complexity index is 444. The number of hydrogen-bond acceptors (Lipinski definition) is 2. The lowest BCUT2D eigenvalue weighted by Gasteiger charge is -2.30. The van der Waals surface area contributed by atoms with Gasteiger partial charge in [-0.05, 0) is 45.7 Å². The molecule has 112 valence electrons. The molecule has 0 spiro atoms. The predicted octanol–water partition coefficient (Wildman–Crippen LogP) is 2.86. The van der Waals surface area contributed by atoms with E-state index in [0.717, 1.165) is 11.1 Å². The third-order valence-corrected chi connectivity index (χ3v) is 3.34. The van der Waals surface area contributed by atoms with Crippen molar-refractivity contribution in [3.05, 3.63) is 35.4 Å². The van der Waals surface area contributed by atoms with E-state index in [1.165, 1.54) is 0 Å². The van der Waals surface area contributed by atoms with Gasteiger partial charge in [0.25, 0.3) is 0 Å². The van der Waals surface area contributed by atoms with Crippen LogP contribution in [0.1, 0.15) is 44.9 Å². The van der Waals surface area contributed by atoms with Crippen LogP contribution in [-0.2, 0) is 0 Å². The SMILES string of the molecule is Cc1ccccc1C(C)NC(=O)N(CC(C)O)C(C)C. The second-order valence-electron chi connectivity index (χ2n) is 5.62. The van der Waals surface area contributed by atoms with Gasteiger partial charge in [-0.25, -0.2) is 4.79 Å². The molecular formula is C16H26N2O2. The van der Waals surface area contributed by atoms with E-state index in [1.54, 1.807) is 11.8 Å². The number of nitrogens with zero attached hydrogens (tertiary/aromatic N) is 1. The number of aryl methyl sites for hydroxylation is 1. The molecule has 0 aliphatic heterocycles. The maximum absolute atomic E-state index is 12.3. The highest BCUT2D eigenvalue weighted by atomic mass is 16.3. The van der Waals surface area contributed by atoms with Gasteiger partial charge in [0.15, 0.2) is 0 Å². The fraction of sp³-hybridized carbons (Fsp3) is 0.562. The van der Waals surface area contributed by atoms with E-state index in [9.17, 15) is 9.90 Å². The Hall–Kier alpha value is -1.55. The normalized spacial score (nSPS) is 13.9. The Morgan fingerprint density at radius 2 is 1.85 bits per heavy atom. The molecule has 0 fully saturated rings. The first-order chi connectivity index (χ1) is 9.32. The number of aliphatic hydroxyl groups excluding tert-OH is 1. The molecule has 4 heteroatoms. The van der Waals surface area contributed by atoms with E-state index in [0.29, 0.717) is 6.54 Å². The van der Waals surface area contributed by atoms with Crippen LogP contribution in [0.3, 0.4) is 0 Å². The first kappa shape index (κ1) is 16.5. The lowest BCUT2D eigenvalue weighted by Crippen LogP contribution is -2.47. The number of amides is 2. The summed E-state index contributed by atoms with van der Waals surface area (Å²) in [5.74, 6) is 0. The summed E-state index contributed by atoms with van der Waals surface area (Å²) in [5.41, 5.74) is 2.27. The average Bonchev–Trinajstić information content (AvgIpc) is 2.35. The molecule has 2 unspecified atom stereocenters. The van der Waals surface area contributed by atoms with Gasteiger partial charge in [-0.2, -0.15) is 0 Å². The van der Waals surface area contributed by atoms with Gasteiger partial charge < -0.3 is 15.3 Å². The van der Waals surface area contributed by atoms with Crippen molar-refractivity contribution in [3.63, 3.8) is 0 Å². The molecule has 20 heavy (non-hydrogen) atoms. The van der Waals surface area contributed by atoms with Crippen LogP contribution in [0.15, 0.2) is 24.3 Å². The minimum Gasteiger partial charge on any atom is -0.392 e. The molecule has 2 atom stereocenters. The summed E-state index contributed by atoms with van der Waals surface area (Å²) in [5, 5.41) is 12.5. The molecule has 0 aromatic heterocycles. The highest BCUT2D eigenvalue weighted by Gasteiger charge is 2.20.